The summed E-state index contributed by atoms with van der Waals surface area (Å²) < 4.78 is 18.5. The van der Waals surface area contributed by atoms with E-state index in [2.05, 4.69) is 0 Å². The van der Waals surface area contributed by atoms with Gasteiger partial charge in [-0.2, -0.15) is 0 Å². The van der Waals surface area contributed by atoms with E-state index < -0.39 is 0 Å². The van der Waals surface area contributed by atoms with Gasteiger partial charge in [0, 0.05) is 25.6 Å². The van der Waals surface area contributed by atoms with Crippen LogP contribution in [0.1, 0.15) is 24.8 Å². The Morgan fingerprint density at radius 3 is 2.83 bits per heavy atom. The van der Waals surface area contributed by atoms with Crippen molar-refractivity contribution >= 4 is 18.3 Å². The number of methoxy groups -OCH3 is 1. The molecule has 1 heterocycles. The zero-order valence-electron chi connectivity index (χ0n) is 13.3. The molecule has 4 nitrogen and oxygen atoms in total. The van der Waals surface area contributed by atoms with E-state index in [0.29, 0.717) is 24.7 Å². The van der Waals surface area contributed by atoms with Gasteiger partial charge in [-0.15, -0.1) is 12.4 Å². The molecular formula is C17H24ClFN2O2. The summed E-state index contributed by atoms with van der Waals surface area (Å²) in [6.45, 7) is 1.63. The minimum Gasteiger partial charge on any atom is -0.494 e. The molecule has 1 aromatic rings. The molecule has 0 bridgehead atoms. The van der Waals surface area contributed by atoms with E-state index in [1.54, 1.807) is 6.07 Å². The predicted octanol–water partition coefficient (Wildman–Crippen LogP) is 2.38. The number of aryl methyl sites for hydroxylation is 1. The SMILES string of the molecule is COc1ccc(CCC(=O)N2CC3CCC(N)C3C2)cc1F.Cl. The highest BCUT2D eigenvalue weighted by Gasteiger charge is 2.42. The first-order valence-corrected chi connectivity index (χ1v) is 7.94. The molecule has 3 rings (SSSR count). The molecule has 2 fully saturated rings. The predicted molar refractivity (Wildman–Crippen MR) is 89.3 cm³/mol. The lowest BCUT2D eigenvalue weighted by Crippen LogP contribution is -2.33. The lowest BCUT2D eigenvalue weighted by Gasteiger charge is -2.18. The number of hydrogen-bond acceptors (Lipinski definition) is 3. The number of halogens is 2. The molecule has 0 aromatic heterocycles. The number of ether oxygens (including phenoxy) is 1. The number of fused-ring (bicyclic) bond motifs is 1. The fraction of sp³-hybridized carbons (Fsp3) is 0.588. The van der Waals surface area contributed by atoms with Crippen LogP contribution in [-0.4, -0.2) is 37.0 Å². The average Bonchev–Trinajstić information content (AvgIpc) is 3.07. The van der Waals surface area contributed by atoms with Crippen LogP contribution in [0.25, 0.3) is 0 Å². The van der Waals surface area contributed by atoms with Crippen LogP contribution in [0.15, 0.2) is 18.2 Å². The Kier molecular flexibility index (Phi) is 5.87. The van der Waals surface area contributed by atoms with E-state index in [0.717, 1.165) is 31.5 Å². The molecule has 1 amide bonds. The Balaban J connectivity index is 0.00000192. The molecule has 3 atom stereocenters. The number of nitrogens with zero attached hydrogens (tertiary/aromatic N) is 1. The summed E-state index contributed by atoms with van der Waals surface area (Å²) in [6, 6.07) is 5.11. The monoisotopic (exact) mass is 342 g/mol. The van der Waals surface area contributed by atoms with Crippen molar-refractivity contribution in [3.05, 3.63) is 29.6 Å². The number of rotatable bonds is 4. The van der Waals surface area contributed by atoms with Gasteiger partial charge in [0.25, 0.3) is 0 Å². The molecule has 6 heteroatoms. The zero-order chi connectivity index (χ0) is 15.7. The van der Waals surface area contributed by atoms with Crippen LogP contribution >= 0.6 is 12.4 Å². The number of carbonyl (C=O) groups excluding carboxylic acids is 1. The van der Waals surface area contributed by atoms with Gasteiger partial charge in [0.1, 0.15) is 0 Å². The van der Waals surface area contributed by atoms with E-state index in [9.17, 15) is 9.18 Å². The van der Waals surface area contributed by atoms with Gasteiger partial charge in [-0.05, 0) is 48.8 Å². The average molecular weight is 343 g/mol. The first-order valence-electron chi connectivity index (χ1n) is 7.94. The fourth-order valence-corrected chi connectivity index (χ4v) is 3.79. The topological polar surface area (TPSA) is 55.6 Å². The lowest BCUT2D eigenvalue weighted by atomic mass is 9.98. The quantitative estimate of drug-likeness (QED) is 0.914. The summed E-state index contributed by atoms with van der Waals surface area (Å²) in [5, 5.41) is 0. The summed E-state index contributed by atoms with van der Waals surface area (Å²) in [5.41, 5.74) is 6.92. The number of amides is 1. The van der Waals surface area contributed by atoms with Crippen molar-refractivity contribution in [3.63, 3.8) is 0 Å². The van der Waals surface area contributed by atoms with Crippen molar-refractivity contribution < 1.29 is 13.9 Å². The summed E-state index contributed by atoms with van der Waals surface area (Å²) in [4.78, 5) is 14.3. The molecule has 1 saturated carbocycles. The highest BCUT2D eigenvalue weighted by atomic mass is 35.5. The van der Waals surface area contributed by atoms with Crippen LogP contribution in [0.3, 0.4) is 0 Å². The Labute approximate surface area is 142 Å². The van der Waals surface area contributed by atoms with Crippen molar-refractivity contribution in [2.45, 2.75) is 31.7 Å². The highest BCUT2D eigenvalue weighted by molar-refractivity contribution is 5.85. The summed E-state index contributed by atoms with van der Waals surface area (Å²) >= 11 is 0. The van der Waals surface area contributed by atoms with E-state index in [1.165, 1.54) is 13.2 Å². The smallest absolute Gasteiger partial charge is 0.222 e. The molecule has 1 aromatic carbocycles. The third-order valence-corrected chi connectivity index (χ3v) is 5.11. The second-order valence-electron chi connectivity index (χ2n) is 6.43. The number of hydrogen-bond donors (Lipinski definition) is 1. The lowest BCUT2D eigenvalue weighted by molar-refractivity contribution is -0.130. The van der Waals surface area contributed by atoms with Crippen molar-refractivity contribution in [2.75, 3.05) is 20.2 Å². The van der Waals surface area contributed by atoms with E-state index in [1.807, 2.05) is 11.0 Å². The summed E-state index contributed by atoms with van der Waals surface area (Å²) in [7, 11) is 1.44. The zero-order valence-corrected chi connectivity index (χ0v) is 14.2. The van der Waals surface area contributed by atoms with Crippen molar-refractivity contribution in [2.24, 2.45) is 17.6 Å². The van der Waals surface area contributed by atoms with E-state index in [4.69, 9.17) is 10.5 Å². The largest absolute Gasteiger partial charge is 0.494 e. The number of carbonyl (C=O) groups is 1. The number of nitrogens with two attached hydrogens (primary N) is 1. The third-order valence-electron chi connectivity index (χ3n) is 5.11. The van der Waals surface area contributed by atoms with Gasteiger partial charge in [-0.1, -0.05) is 6.07 Å². The van der Waals surface area contributed by atoms with Crippen molar-refractivity contribution in [1.29, 1.82) is 0 Å². The van der Waals surface area contributed by atoms with Crippen LogP contribution in [0.5, 0.6) is 5.75 Å². The van der Waals surface area contributed by atoms with Crippen molar-refractivity contribution in [3.8, 4) is 5.75 Å². The van der Waals surface area contributed by atoms with Crippen LogP contribution in [0, 0.1) is 17.7 Å². The van der Waals surface area contributed by atoms with E-state index in [-0.39, 0.29) is 35.9 Å². The molecule has 128 valence electrons. The van der Waals surface area contributed by atoms with Crippen LogP contribution in [0.2, 0.25) is 0 Å². The van der Waals surface area contributed by atoms with Gasteiger partial charge in [-0.25, -0.2) is 4.39 Å². The second-order valence-corrected chi connectivity index (χ2v) is 6.43. The maximum absolute atomic E-state index is 13.6. The molecule has 0 radical (unpaired) electrons. The first kappa shape index (κ1) is 18.0. The maximum Gasteiger partial charge on any atom is 0.222 e. The van der Waals surface area contributed by atoms with Gasteiger partial charge in [0.05, 0.1) is 7.11 Å². The first-order chi connectivity index (χ1) is 10.6. The molecule has 1 saturated heterocycles. The molecule has 1 aliphatic heterocycles. The van der Waals surface area contributed by atoms with Gasteiger partial charge < -0.3 is 15.4 Å². The highest BCUT2D eigenvalue weighted by Crippen LogP contribution is 2.37. The molecule has 3 unspecified atom stereocenters. The normalized spacial score (nSPS) is 25.9. The van der Waals surface area contributed by atoms with Gasteiger partial charge >= 0.3 is 0 Å². The third kappa shape index (κ3) is 3.78. The van der Waals surface area contributed by atoms with Gasteiger partial charge in [0.15, 0.2) is 11.6 Å². The number of likely N-dealkylation sites (tertiary alicyclic amines) is 1. The molecular weight excluding hydrogens is 319 g/mol. The minimum absolute atomic E-state index is 0. The van der Waals surface area contributed by atoms with Crippen LogP contribution < -0.4 is 10.5 Å². The van der Waals surface area contributed by atoms with Crippen LogP contribution in [-0.2, 0) is 11.2 Å². The van der Waals surface area contributed by atoms with Gasteiger partial charge in [-0.3, -0.25) is 4.79 Å². The van der Waals surface area contributed by atoms with E-state index >= 15 is 0 Å². The van der Waals surface area contributed by atoms with Crippen LogP contribution in [0.4, 0.5) is 4.39 Å². The Hall–Kier alpha value is -1.33. The standard InChI is InChI=1S/C17H23FN2O2.ClH/c1-22-16-6-2-11(8-14(16)18)3-7-17(21)20-9-12-4-5-15(19)13(12)10-20;/h2,6,8,12-13,15H,3-5,7,9-10,19H2,1H3;1H. The van der Waals surface area contributed by atoms with Crippen molar-refractivity contribution in [1.82, 2.24) is 4.90 Å². The molecule has 1 aliphatic carbocycles. The maximum atomic E-state index is 13.6. The molecule has 23 heavy (non-hydrogen) atoms. The molecule has 2 aliphatic rings. The summed E-state index contributed by atoms with van der Waals surface area (Å²) in [5.74, 6) is 1.06. The Morgan fingerprint density at radius 2 is 2.17 bits per heavy atom. The van der Waals surface area contributed by atoms with Gasteiger partial charge in [0.2, 0.25) is 5.91 Å². The molecule has 2 N–H and O–H groups in total. The minimum atomic E-state index is -0.380. The summed E-state index contributed by atoms with van der Waals surface area (Å²) in [6.07, 6.45) is 3.19. The number of benzene rings is 1. The Bertz CT molecular complexity index is 570. The fourth-order valence-electron chi connectivity index (χ4n) is 3.79. The Morgan fingerprint density at radius 1 is 1.39 bits per heavy atom. The molecule has 0 spiro atoms. The second kappa shape index (κ2) is 7.49.